The molecule has 1 aliphatic heterocycles. The zero-order valence-electron chi connectivity index (χ0n) is 17.2. The first-order valence-electron chi connectivity index (χ1n) is 10.1. The van der Waals surface area contributed by atoms with Crippen molar-refractivity contribution in [1.82, 2.24) is 0 Å². The molecule has 2 amide bonds. The van der Waals surface area contributed by atoms with Crippen LogP contribution in [0.5, 0.6) is 0 Å². The maximum atomic E-state index is 13.3. The number of carbonyl (C=O) groups excluding carboxylic acids is 2. The van der Waals surface area contributed by atoms with Gasteiger partial charge in [-0.1, -0.05) is 12.1 Å². The minimum atomic E-state index is -4.60. The Morgan fingerprint density at radius 2 is 1.90 bits per heavy atom. The topological polar surface area (TPSA) is 61.8 Å². The molecule has 1 aliphatic carbocycles. The van der Waals surface area contributed by atoms with Crippen molar-refractivity contribution in [3.63, 3.8) is 0 Å². The molecule has 0 spiro atoms. The van der Waals surface area contributed by atoms with Gasteiger partial charge in [0, 0.05) is 5.71 Å². The highest BCUT2D eigenvalue weighted by Crippen LogP contribution is 2.40. The van der Waals surface area contributed by atoms with E-state index in [0.717, 1.165) is 35.7 Å². The third kappa shape index (κ3) is 4.06. The molecule has 1 saturated carbocycles. The summed E-state index contributed by atoms with van der Waals surface area (Å²) in [6.07, 6.45) is -2.38. The van der Waals surface area contributed by atoms with Crippen LogP contribution in [0, 0.1) is 19.8 Å². The Labute approximate surface area is 178 Å². The summed E-state index contributed by atoms with van der Waals surface area (Å²) in [6, 6.07) is 8.48. The fourth-order valence-electron chi connectivity index (χ4n) is 4.12. The second kappa shape index (κ2) is 7.83. The van der Waals surface area contributed by atoms with E-state index in [9.17, 15) is 22.8 Å². The SMILES string of the molecule is Cc1cc2c(cc1C)N(CC(=O)Nc1ccccc1C(F)(F)F)C(=O)[C@H]1CCCC1=N2. The molecule has 2 aromatic rings. The van der Waals surface area contributed by atoms with E-state index in [1.54, 1.807) is 0 Å². The van der Waals surface area contributed by atoms with E-state index in [1.807, 2.05) is 26.0 Å². The fraction of sp³-hybridized carbons (Fsp3) is 0.348. The van der Waals surface area contributed by atoms with Crippen LogP contribution in [0.1, 0.15) is 36.0 Å². The number of amides is 2. The highest BCUT2D eigenvalue weighted by Gasteiger charge is 2.38. The molecule has 1 fully saturated rings. The Balaban J connectivity index is 1.66. The molecule has 4 rings (SSSR count). The van der Waals surface area contributed by atoms with Crippen molar-refractivity contribution in [1.29, 1.82) is 0 Å². The number of hydrogen-bond donors (Lipinski definition) is 1. The first kappa shape index (κ1) is 21.1. The monoisotopic (exact) mass is 429 g/mol. The van der Waals surface area contributed by atoms with Gasteiger partial charge in [0.05, 0.1) is 28.5 Å². The molecular weight excluding hydrogens is 407 g/mol. The summed E-state index contributed by atoms with van der Waals surface area (Å²) in [5.74, 6) is -1.34. The van der Waals surface area contributed by atoms with Crippen molar-refractivity contribution in [2.24, 2.45) is 10.9 Å². The summed E-state index contributed by atoms with van der Waals surface area (Å²) >= 11 is 0. The number of aliphatic imine (C=N–C) groups is 1. The van der Waals surface area contributed by atoms with Crippen LogP contribution < -0.4 is 10.2 Å². The van der Waals surface area contributed by atoms with E-state index in [1.165, 1.54) is 23.1 Å². The highest BCUT2D eigenvalue weighted by atomic mass is 19.4. The van der Waals surface area contributed by atoms with Crippen LogP contribution in [0.15, 0.2) is 41.4 Å². The second-order valence-electron chi connectivity index (χ2n) is 7.99. The normalized spacial score (nSPS) is 18.2. The molecule has 2 aromatic carbocycles. The van der Waals surface area contributed by atoms with Crippen molar-refractivity contribution < 1.29 is 22.8 Å². The maximum absolute atomic E-state index is 13.3. The molecule has 0 bridgehead atoms. The Morgan fingerprint density at radius 1 is 1.19 bits per heavy atom. The lowest BCUT2D eigenvalue weighted by Gasteiger charge is -2.25. The van der Waals surface area contributed by atoms with Crippen LogP contribution in [0.3, 0.4) is 0 Å². The largest absolute Gasteiger partial charge is 0.418 e. The molecule has 1 N–H and O–H groups in total. The molecule has 8 heteroatoms. The molecule has 1 heterocycles. The number of benzene rings is 2. The predicted octanol–water partition coefficient (Wildman–Crippen LogP) is 5.18. The number of aryl methyl sites for hydroxylation is 2. The van der Waals surface area contributed by atoms with E-state index >= 15 is 0 Å². The average Bonchev–Trinajstić information content (AvgIpc) is 3.13. The van der Waals surface area contributed by atoms with Gasteiger partial charge in [-0.2, -0.15) is 13.2 Å². The molecule has 0 saturated heterocycles. The number of anilines is 2. The predicted molar refractivity (Wildman–Crippen MR) is 113 cm³/mol. The van der Waals surface area contributed by atoms with Gasteiger partial charge < -0.3 is 10.2 Å². The lowest BCUT2D eigenvalue weighted by molar-refractivity contribution is -0.137. The number of fused-ring (bicyclic) bond motifs is 2. The number of carbonyl (C=O) groups is 2. The van der Waals surface area contributed by atoms with E-state index in [0.29, 0.717) is 17.8 Å². The van der Waals surface area contributed by atoms with Gasteiger partial charge in [0.1, 0.15) is 6.54 Å². The number of alkyl halides is 3. The summed E-state index contributed by atoms with van der Waals surface area (Å²) < 4.78 is 39.8. The standard InChI is InChI=1S/C23H22F3N3O2/c1-13-10-19-20(11-14(13)2)29(22(31)15-6-5-9-17(15)27-19)12-21(30)28-18-8-4-3-7-16(18)23(24,25)26/h3-4,7-8,10-11,15H,5-6,9,12H2,1-2H3,(H,28,30)/t15-/m0/s1. The minimum Gasteiger partial charge on any atom is -0.324 e. The Hall–Kier alpha value is -3.16. The molecular formula is C23H22F3N3O2. The lowest BCUT2D eigenvalue weighted by Crippen LogP contribution is -2.42. The Bertz CT molecular complexity index is 1090. The molecule has 31 heavy (non-hydrogen) atoms. The number of rotatable bonds is 3. The summed E-state index contributed by atoms with van der Waals surface area (Å²) in [7, 11) is 0. The molecule has 0 unspecified atom stereocenters. The summed E-state index contributed by atoms with van der Waals surface area (Å²) in [4.78, 5) is 32.1. The third-order valence-corrected chi connectivity index (χ3v) is 5.85. The molecule has 5 nitrogen and oxygen atoms in total. The minimum absolute atomic E-state index is 0.238. The summed E-state index contributed by atoms with van der Waals surface area (Å²) in [6.45, 7) is 3.45. The maximum Gasteiger partial charge on any atom is 0.418 e. The second-order valence-corrected chi connectivity index (χ2v) is 7.99. The van der Waals surface area contributed by atoms with Gasteiger partial charge in [-0.25, -0.2) is 0 Å². The van der Waals surface area contributed by atoms with Gasteiger partial charge in [0.2, 0.25) is 11.8 Å². The highest BCUT2D eigenvalue weighted by molar-refractivity contribution is 6.17. The van der Waals surface area contributed by atoms with Crippen molar-refractivity contribution in [3.8, 4) is 0 Å². The molecule has 1 atom stereocenters. The van der Waals surface area contributed by atoms with Crippen molar-refractivity contribution in [3.05, 3.63) is 53.1 Å². The van der Waals surface area contributed by atoms with Crippen LogP contribution in [0.25, 0.3) is 0 Å². The average molecular weight is 429 g/mol. The van der Waals surface area contributed by atoms with Crippen LogP contribution in [0.4, 0.5) is 30.2 Å². The lowest BCUT2D eigenvalue weighted by atomic mass is 10.0. The third-order valence-electron chi connectivity index (χ3n) is 5.85. The smallest absolute Gasteiger partial charge is 0.324 e. The number of nitrogens with one attached hydrogen (secondary N) is 1. The number of para-hydroxylation sites is 1. The zero-order valence-corrected chi connectivity index (χ0v) is 17.2. The fourth-order valence-corrected chi connectivity index (χ4v) is 4.12. The number of nitrogens with zero attached hydrogens (tertiary/aromatic N) is 2. The van der Waals surface area contributed by atoms with Crippen molar-refractivity contribution in [2.45, 2.75) is 39.3 Å². The molecule has 162 valence electrons. The first-order chi connectivity index (χ1) is 14.6. The molecule has 0 radical (unpaired) electrons. The van der Waals surface area contributed by atoms with Crippen molar-refractivity contribution >= 4 is 34.6 Å². The Morgan fingerprint density at radius 3 is 2.65 bits per heavy atom. The van der Waals surface area contributed by atoms with Gasteiger partial charge in [0.15, 0.2) is 0 Å². The summed E-state index contributed by atoms with van der Waals surface area (Å²) in [5.41, 5.74) is 2.61. The van der Waals surface area contributed by atoms with Crippen LogP contribution in [-0.2, 0) is 15.8 Å². The summed E-state index contributed by atoms with van der Waals surface area (Å²) in [5, 5.41) is 2.33. The Kier molecular flexibility index (Phi) is 5.33. The zero-order chi connectivity index (χ0) is 22.3. The van der Waals surface area contributed by atoms with E-state index in [-0.39, 0.29) is 18.1 Å². The van der Waals surface area contributed by atoms with Crippen LogP contribution in [0.2, 0.25) is 0 Å². The van der Waals surface area contributed by atoms with Gasteiger partial charge in [-0.15, -0.1) is 0 Å². The van der Waals surface area contributed by atoms with E-state index < -0.39 is 23.6 Å². The van der Waals surface area contributed by atoms with Crippen molar-refractivity contribution in [2.75, 3.05) is 16.8 Å². The number of halogens is 3. The van der Waals surface area contributed by atoms with Gasteiger partial charge in [-0.05, 0) is 68.5 Å². The van der Waals surface area contributed by atoms with Gasteiger partial charge >= 0.3 is 6.18 Å². The van der Waals surface area contributed by atoms with Crippen LogP contribution in [-0.4, -0.2) is 24.1 Å². The quantitative estimate of drug-likeness (QED) is 0.731. The van der Waals surface area contributed by atoms with E-state index in [2.05, 4.69) is 5.32 Å². The van der Waals surface area contributed by atoms with Crippen LogP contribution >= 0.6 is 0 Å². The number of hydrogen-bond acceptors (Lipinski definition) is 3. The molecule has 2 aliphatic rings. The van der Waals surface area contributed by atoms with Gasteiger partial charge in [0.25, 0.3) is 0 Å². The first-order valence-corrected chi connectivity index (χ1v) is 10.1. The van der Waals surface area contributed by atoms with Gasteiger partial charge in [-0.3, -0.25) is 14.6 Å². The molecule has 0 aromatic heterocycles. The van der Waals surface area contributed by atoms with E-state index in [4.69, 9.17) is 4.99 Å².